The van der Waals surface area contributed by atoms with Crippen LogP contribution in [0.4, 0.5) is 5.69 Å². The SMILES string of the molecule is CC(C)(C)NC(=O)CN(C(=O)[C@H]1CC[C@H]2[C@@H]3CC=C4C(C)(C)C(=O)CC[C@]4(C)[C@H]3CC[C@]12C)c1ccccc1. The van der Waals surface area contributed by atoms with Crippen LogP contribution >= 0.6 is 0 Å². The van der Waals surface area contributed by atoms with Crippen LogP contribution in [0.15, 0.2) is 42.0 Å². The van der Waals surface area contributed by atoms with Gasteiger partial charge in [-0.2, -0.15) is 0 Å². The molecule has 3 fully saturated rings. The number of carbonyl (C=O) groups excluding carboxylic acids is 3. The number of carbonyl (C=O) groups is 3. The first-order valence-electron chi connectivity index (χ1n) is 15.1. The summed E-state index contributed by atoms with van der Waals surface area (Å²) in [6, 6.07) is 9.69. The summed E-state index contributed by atoms with van der Waals surface area (Å²) in [6.45, 7) is 15.0. The lowest BCUT2D eigenvalue weighted by Crippen LogP contribution is -2.55. The van der Waals surface area contributed by atoms with E-state index in [2.05, 4.69) is 39.1 Å². The van der Waals surface area contributed by atoms with Crippen LogP contribution in [0.1, 0.15) is 93.4 Å². The predicted molar refractivity (Wildman–Crippen MR) is 156 cm³/mol. The fraction of sp³-hybridized carbons (Fsp3) is 0.676. The number of para-hydroxylation sites is 1. The van der Waals surface area contributed by atoms with Crippen molar-refractivity contribution in [1.29, 1.82) is 0 Å². The highest BCUT2D eigenvalue weighted by Crippen LogP contribution is 2.67. The molecule has 0 spiro atoms. The molecular formula is C34H48N2O3. The molecule has 5 nitrogen and oxygen atoms in total. The van der Waals surface area contributed by atoms with E-state index in [9.17, 15) is 14.4 Å². The smallest absolute Gasteiger partial charge is 0.240 e. The second kappa shape index (κ2) is 9.59. The predicted octanol–water partition coefficient (Wildman–Crippen LogP) is 6.72. The van der Waals surface area contributed by atoms with E-state index in [0.29, 0.717) is 30.0 Å². The molecule has 3 saturated carbocycles. The first-order chi connectivity index (χ1) is 18.2. The molecule has 4 aliphatic rings. The molecule has 1 aromatic rings. The molecule has 5 heteroatoms. The average Bonchev–Trinajstić information content (AvgIpc) is 3.21. The van der Waals surface area contributed by atoms with Crippen molar-refractivity contribution in [3.05, 3.63) is 42.0 Å². The van der Waals surface area contributed by atoms with Gasteiger partial charge in [0.2, 0.25) is 11.8 Å². The number of anilines is 1. The van der Waals surface area contributed by atoms with Gasteiger partial charge in [0.05, 0.1) is 0 Å². The first kappa shape index (κ1) is 28.1. The number of Topliss-reactive ketones (excluding diaryl/α,β-unsaturated/α-hetero) is 1. The van der Waals surface area contributed by atoms with Crippen LogP contribution in [0.3, 0.4) is 0 Å². The third kappa shape index (κ3) is 4.68. The van der Waals surface area contributed by atoms with Crippen molar-refractivity contribution < 1.29 is 14.4 Å². The molecule has 1 N–H and O–H groups in total. The van der Waals surface area contributed by atoms with Gasteiger partial charge in [0, 0.05) is 29.0 Å². The Hall–Kier alpha value is -2.43. The van der Waals surface area contributed by atoms with E-state index in [-0.39, 0.29) is 46.1 Å². The standard InChI is InChI=1S/C34H48N2O3/c1-31(2,3)35-29(38)21-36(22-11-9-8-10-12-22)30(39)26-15-14-24-23-13-16-27-32(4,5)28(37)18-20-34(27,7)25(23)17-19-33(24,26)6/h8-12,16,23-26H,13-15,17-21H2,1-7H3,(H,35,38)/t23-,24-,25-,26+,33-,34+/m0/s1. The van der Waals surface area contributed by atoms with Gasteiger partial charge in [-0.05, 0) is 114 Å². The summed E-state index contributed by atoms with van der Waals surface area (Å²) in [6.07, 6.45) is 9.15. The minimum Gasteiger partial charge on any atom is -0.350 e. The number of ketones is 1. The minimum atomic E-state index is -0.364. The van der Waals surface area contributed by atoms with Crippen molar-refractivity contribution in [3.63, 3.8) is 0 Å². The van der Waals surface area contributed by atoms with Gasteiger partial charge in [0.1, 0.15) is 12.3 Å². The molecule has 4 aliphatic carbocycles. The van der Waals surface area contributed by atoms with Crippen molar-refractivity contribution in [1.82, 2.24) is 5.32 Å². The van der Waals surface area contributed by atoms with Crippen molar-refractivity contribution in [2.24, 2.45) is 39.9 Å². The van der Waals surface area contributed by atoms with Crippen LogP contribution in [0.5, 0.6) is 0 Å². The second-order valence-corrected chi connectivity index (χ2v) is 14.9. The fourth-order valence-corrected chi connectivity index (χ4v) is 9.32. The van der Waals surface area contributed by atoms with Gasteiger partial charge in [-0.1, -0.05) is 43.7 Å². The fourth-order valence-electron chi connectivity index (χ4n) is 9.32. The Morgan fingerprint density at radius 1 is 0.974 bits per heavy atom. The number of allylic oxidation sites excluding steroid dienone is 2. The molecule has 2 amide bonds. The zero-order chi connectivity index (χ0) is 28.4. The summed E-state index contributed by atoms with van der Waals surface area (Å²) < 4.78 is 0. The summed E-state index contributed by atoms with van der Waals surface area (Å²) in [5.41, 5.74) is 1.45. The number of amides is 2. The van der Waals surface area contributed by atoms with E-state index in [1.54, 1.807) is 4.90 Å². The van der Waals surface area contributed by atoms with Crippen LogP contribution < -0.4 is 10.2 Å². The highest BCUT2D eigenvalue weighted by molar-refractivity contribution is 6.00. The molecule has 0 aromatic heterocycles. The van der Waals surface area contributed by atoms with Crippen molar-refractivity contribution in [2.75, 3.05) is 11.4 Å². The third-order valence-corrected chi connectivity index (χ3v) is 11.2. The molecule has 1 aromatic carbocycles. The summed E-state index contributed by atoms with van der Waals surface area (Å²) in [5.74, 6) is 1.86. The Morgan fingerprint density at radius 2 is 1.67 bits per heavy atom. The highest BCUT2D eigenvalue weighted by atomic mass is 16.2. The monoisotopic (exact) mass is 532 g/mol. The lowest BCUT2D eigenvalue weighted by molar-refractivity contribution is -0.135. The molecule has 0 aliphatic heterocycles. The van der Waals surface area contributed by atoms with E-state index in [1.807, 2.05) is 51.1 Å². The Bertz CT molecular complexity index is 1180. The molecule has 0 saturated heterocycles. The van der Waals surface area contributed by atoms with Gasteiger partial charge in [0.25, 0.3) is 0 Å². The number of benzene rings is 1. The maximum absolute atomic E-state index is 14.4. The quantitative estimate of drug-likeness (QED) is 0.438. The summed E-state index contributed by atoms with van der Waals surface area (Å²) >= 11 is 0. The Labute approximate surface area is 235 Å². The molecule has 5 rings (SSSR count). The van der Waals surface area contributed by atoms with Gasteiger partial charge in [-0.15, -0.1) is 0 Å². The van der Waals surface area contributed by atoms with E-state index < -0.39 is 0 Å². The maximum atomic E-state index is 14.4. The maximum Gasteiger partial charge on any atom is 0.240 e. The number of hydrogen-bond acceptors (Lipinski definition) is 3. The van der Waals surface area contributed by atoms with E-state index >= 15 is 0 Å². The van der Waals surface area contributed by atoms with E-state index in [4.69, 9.17) is 0 Å². The van der Waals surface area contributed by atoms with Crippen LogP contribution in [0, 0.1) is 39.9 Å². The molecule has 6 atom stereocenters. The summed E-state index contributed by atoms with van der Waals surface area (Å²) in [4.78, 5) is 42.0. The molecule has 0 unspecified atom stereocenters. The zero-order valence-corrected chi connectivity index (χ0v) is 25.1. The summed E-state index contributed by atoms with van der Waals surface area (Å²) in [7, 11) is 0. The van der Waals surface area contributed by atoms with Crippen LogP contribution in [0.25, 0.3) is 0 Å². The molecule has 0 heterocycles. The Kier molecular flexibility index (Phi) is 6.91. The van der Waals surface area contributed by atoms with E-state index in [1.165, 1.54) is 5.57 Å². The van der Waals surface area contributed by atoms with Gasteiger partial charge < -0.3 is 10.2 Å². The lowest BCUT2D eigenvalue weighted by atomic mass is 9.44. The molecule has 0 radical (unpaired) electrons. The third-order valence-electron chi connectivity index (χ3n) is 11.2. The topological polar surface area (TPSA) is 66.5 Å². The highest BCUT2D eigenvalue weighted by Gasteiger charge is 2.62. The Balaban J connectivity index is 1.42. The van der Waals surface area contributed by atoms with Crippen molar-refractivity contribution in [3.8, 4) is 0 Å². The van der Waals surface area contributed by atoms with Crippen molar-refractivity contribution >= 4 is 23.3 Å². The van der Waals surface area contributed by atoms with Gasteiger partial charge >= 0.3 is 0 Å². The normalized spacial score (nSPS) is 35.3. The first-order valence-corrected chi connectivity index (χ1v) is 15.1. The van der Waals surface area contributed by atoms with Gasteiger partial charge in [0.15, 0.2) is 0 Å². The van der Waals surface area contributed by atoms with E-state index in [0.717, 1.165) is 44.2 Å². The van der Waals surface area contributed by atoms with Crippen LogP contribution in [0.2, 0.25) is 0 Å². The Morgan fingerprint density at radius 3 is 2.33 bits per heavy atom. The zero-order valence-electron chi connectivity index (χ0n) is 25.1. The number of hydrogen-bond donors (Lipinski definition) is 1. The average molecular weight is 533 g/mol. The van der Waals surface area contributed by atoms with Crippen molar-refractivity contribution in [2.45, 2.75) is 99.0 Å². The number of nitrogens with zero attached hydrogens (tertiary/aromatic N) is 1. The molecular weight excluding hydrogens is 484 g/mol. The largest absolute Gasteiger partial charge is 0.350 e. The van der Waals surface area contributed by atoms with Gasteiger partial charge in [-0.25, -0.2) is 0 Å². The minimum absolute atomic E-state index is 0.0384. The van der Waals surface area contributed by atoms with Crippen LogP contribution in [-0.4, -0.2) is 29.7 Å². The number of nitrogens with one attached hydrogen (secondary N) is 1. The molecule has 39 heavy (non-hydrogen) atoms. The van der Waals surface area contributed by atoms with Gasteiger partial charge in [-0.3, -0.25) is 14.4 Å². The molecule has 212 valence electrons. The molecule has 0 bridgehead atoms. The summed E-state index contributed by atoms with van der Waals surface area (Å²) in [5, 5.41) is 3.04. The second-order valence-electron chi connectivity index (χ2n) is 14.9. The lowest BCUT2D eigenvalue weighted by Gasteiger charge is -2.59. The van der Waals surface area contributed by atoms with Crippen LogP contribution in [-0.2, 0) is 14.4 Å². The number of fused-ring (bicyclic) bond motifs is 5. The number of rotatable bonds is 4.